The summed E-state index contributed by atoms with van der Waals surface area (Å²) in [4.78, 5) is 24.1. The van der Waals surface area contributed by atoms with Crippen molar-refractivity contribution < 1.29 is 13.2 Å². The van der Waals surface area contributed by atoms with Crippen molar-refractivity contribution in [3.05, 3.63) is 52.3 Å². The first-order valence-electron chi connectivity index (χ1n) is 6.70. The van der Waals surface area contributed by atoms with Crippen LogP contribution in [0.15, 0.2) is 46.1 Å². The van der Waals surface area contributed by atoms with Gasteiger partial charge in [0.1, 0.15) is 5.82 Å². The molecule has 1 amide bonds. The van der Waals surface area contributed by atoms with Crippen molar-refractivity contribution in [3.63, 3.8) is 0 Å². The van der Waals surface area contributed by atoms with Crippen LogP contribution in [0.1, 0.15) is 12.5 Å². The molecule has 2 rings (SSSR count). The van der Waals surface area contributed by atoms with Crippen LogP contribution in [0.5, 0.6) is 0 Å². The van der Waals surface area contributed by atoms with Crippen LogP contribution >= 0.6 is 0 Å². The summed E-state index contributed by atoms with van der Waals surface area (Å²) in [6.45, 7) is 6.67. The number of aromatic nitrogens is 2. The summed E-state index contributed by atoms with van der Waals surface area (Å²) in [5, 5.41) is 5.36. The lowest BCUT2D eigenvalue weighted by molar-refractivity contribution is -0.112. The summed E-state index contributed by atoms with van der Waals surface area (Å²) in [5.74, 6) is -0.121. The molecule has 2 N–H and O–H groups in total. The summed E-state index contributed by atoms with van der Waals surface area (Å²) >= 11 is 0. The number of anilines is 1. The fraction of sp³-hybridized carbons (Fsp3) is 0.200. The quantitative estimate of drug-likeness (QED) is 0.825. The molecule has 0 aliphatic heterocycles. The van der Waals surface area contributed by atoms with Crippen molar-refractivity contribution in [2.45, 2.75) is 18.7 Å². The Morgan fingerprint density at radius 2 is 1.83 bits per heavy atom. The minimum atomic E-state index is -3.30. The van der Waals surface area contributed by atoms with Crippen LogP contribution in [-0.4, -0.2) is 30.4 Å². The highest BCUT2D eigenvalue weighted by Crippen LogP contribution is 2.15. The van der Waals surface area contributed by atoms with E-state index in [-0.39, 0.29) is 16.3 Å². The van der Waals surface area contributed by atoms with Gasteiger partial charge in [0.15, 0.2) is 9.84 Å². The normalized spacial score (nSPS) is 11.3. The average Bonchev–Trinajstić information content (AvgIpc) is 2.75. The van der Waals surface area contributed by atoms with E-state index >= 15 is 0 Å². The van der Waals surface area contributed by atoms with Gasteiger partial charge in [0, 0.05) is 11.8 Å². The van der Waals surface area contributed by atoms with E-state index in [9.17, 15) is 18.0 Å². The minimum absolute atomic E-state index is 0.161. The summed E-state index contributed by atoms with van der Waals surface area (Å²) in [7, 11) is -3.30. The molecule has 7 nitrogen and oxygen atoms in total. The zero-order chi connectivity index (χ0) is 17.4. The second-order valence-electron chi connectivity index (χ2n) is 5.25. The number of nitrogens with one attached hydrogen (secondary N) is 2. The van der Waals surface area contributed by atoms with Gasteiger partial charge < -0.3 is 5.32 Å². The van der Waals surface area contributed by atoms with E-state index in [1.54, 1.807) is 13.8 Å². The van der Waals surface area contributed by atoms with Crippen molar-refractivity contribution in [3.8, 4) is 5.69 Å². The third-order valence-electron chi connectivity index (χ3n) is 3.27. The van der Waals surface area contributed by atoms with E-state index in [1.165, 1.54) is 28.9 Å². The monoisotopic (exact) mass is 335 g/mol. The van der Waals surface area contributed by atoms with Crippen molar-refractivity contribution in [1.29, 1.82) is 0 Å². The molecule has 0 atom stereocenters. The van der Waals surface area contributed by atoms with Crippen molar-refractivity contribution in [2.24, 2.45) is 0 Å². The molecule has 8 heteroatoms. The molecule has 0 spiro atoms. The van der Waals surface area contributed by atoms with E-state index in [4.69, 9.17) is 0 Å². The first-order valence-corrected chi connectivity index (χ1v) is 8.59. The zero-order valence-corrected chi connectivity index (χ0v) is 13.8. The Morgan fingerprint density at radius 1 is 1.26 bits per heavy atom. The second-order valence-corrected chi connectivity index (χ2v) is 7.27. The number of carbonyl (C=O) groups is 1. The van der Waals surface area contributed by atoms with Crippen LogP contribution in [0.3, 0.4) is 0 Å². The number of benzene rings is 1. The van der Waals surface area contributed by atoms with Crippen LogP contribution in [0, 0.1) is 6.92 Å². The molecule has 0 aliphatic carbocycles. The molecule has 23 heavy (non-hydrogen) atoms. The van der Waals surface area contributed by atoms with Gasteiger partial charge in [0.2, 0.25) is 0 Å². The van der Waals surface area contributed by atoms with Crippen LogP contribution < -0.4 is 10.9 Å². The molecule has 122 valence electrons. The maximum absolute atomic E-state index is 12.3. The van der Waals surface area contributed by atoms with Crippen molar-refractivity contribution >= 4 is 21.6 Å². The van der Waals surface area contributed by atoms with Gasteiger partial charge in [-0.25, -0.2) is 13.1 Å². The van der Waals surface area contributed by atoms with Gasteiger partial charge in [0.25, 0.3) is 11.5 Å². The molecule has 1 heterocycles. The van der Waals surface area contributed by atoms with Crippen LogP contribution in [0.2, 0.25) is 0 Å². The highest BCUT2D eigenvalue weighted by Gasteiger charge is 2.14. The lowest BCUT2D eigenvalue weighted by atomic mass is 10.3. The number of rotatable bonds is 4. The SMILES string of the molecule is C=C(C)C(=O)Nc1[nH]n(-c2ccc(S(C)(=O)=O)cc2)c(=O)c1C. The Morgan fingerprint density at radius 3 is 2.30 bits per heavy atom. The number of nitrogens with zero attached hydrogens (tertiary/aromatic N) is 1. The molecular formula is C15H17N3O4S. The predicted octanol–water partition coefficient (Wildman–Crippen LogP) is 1.39. The molecule has 0 radical (unpaired) electrons. The number of hydrogen-bond acceptors (Lipinski definition) is 4. The molecule has 0 fully saturated rings. The van der Waals surface area contributed by atoms with E-state index in [0.29, 0.717) is 16.8 Å². The number of hydrogen-bond donors (Lipinski definition) is 2. The number of carbonyl (C=O) groups excluding carboxylic acids is 1. The Bertz CT molecular complexity index is 934. The second kappa shape index (κ2) is 5.88. The van der Waals surface area contributed by atoms with E-state index in [1.807, 2.05) is 0 Å². The average molecular weight is 335 g/mol. The maximum Gasteiger partial charge on any atom is 0.276 e. The van der Waals surface area contributed by atoms with E-state index in [2.05, 4.69) is 17.0 Å². The molecule has 0 unspecified atom stereocenters. The molecule has 0 saturated heterocycles. The molecule has 1 aromatic heterocycles. The van der Waals surface area contributed by atoms with E-state index in [0.717, 1.165) is 6.26 Å². The zero-order valence-electron chi connectivity index (χ0n) is 13.0. The Kier molecular flexibility index (Phi) is 4.28. The third kappa shape index (κ3) is 3.42. The van der Waals surface area contributed by atoms with Crippen LogP contribution in [-0.2, 0) is 14.6 Å². The number of amides is 1. The third-order valence-corrected chi connectivity index (χ3v) is 4.40. The summed E-state index contributed by atoms with van der Waals surface area (Å²) < 4.78 is 24.1. The summed E-state index contributed by atoms with van der Waals surface area (Å²) in [5.41, 5.74) is 0.776. The topological polar surface area (TPSA) is 101 Å². The largest absolute Gasteiger partial charge is 0.307 e. The highest BCUT2D eigenvalue weighted by atomic mass is 32.2. The van der Waals surface area contributed by atoms with Gasteiger partial charge in [-0.1, -0.05) is 6.58 Å². The molecule has 0 bridgehead atoms. The number of sulfone groups is 1. The van der Waals surface area contributed by atoms with Crippen molar-refractivity contribution in [2.75, 3.05) is 11.6 Å². The molecular weight excluding hydrogens is 318 g/mol. The predicted molar refractivity (Wildman–Crippen MR) is 87.7 cm³/mol. The molecule has 1 aromatic carbocycles. The minimum Gasteiger partial charge on any atom is -0.307 e. The maximum atomic E-state index is 12.3. The van der Waals surface area contributed by atoms with Gasteiger partial charge >= 0.3 is 0 Å². The Balaban J connectivity index is 2.43. The Labute approximate surface area is 133 Å². The fourth-order valence-electron chi connectivity index (χ4n) is 1.89. The first kappa shape index (κ1) is 16.8. The van der Waals surface area contributed by atoms with Crippen molar-refractivity contribution in [1.82, 2.24) is 9.78 Å². The van der Waals surface area contributed by atoms with Crippen LogP contribution in [0.4, 0.5) is 5.82 Å². The van der Waals surface area contributed by atoms with Gasteiger partial charge in [-0.05, 0) is 38.1 Å². The van der Waals surface area contributed by atoms with Gasteiger partial charge in [-0.15, -0.1) is 0 Å². The summed E-state index contributed by atoms with van der Waals surface area (Å²) in [6, 6.07) is 5.86. The van der Waals surface area contributed by atoms with Gasteiger partial charge in [0.05, 0.1) is 16.1 Å². The van der Waals surface area contributed by atoms with E-state index < -0.39 is 15.7 Å². The van der Waals surface area contributed by atoms with Gasteiger partial charge in [-0.2, -0.15) is 0 Å². The van der Waals surface area contributed by atoms with Gasteiger partial charge in [-0.3, -0.25) is 14.7 Å². The lowest BCUT2D eigenvalue weighted by Gasteiger charge is -2.04. The molecule has 0 aliphatic rings. The summed E-state index contributed by atoms with van der Waals surface area (Å²) in [6.07, 6.45) is 1.11. The smallest absolute Gasteiger partial charge is 0.276 e. The highest BCUT2D eigenvalue weighted by molar-refractivity contribution is 7.90. The lowest BCUT2D eigenvalue weighted by Crippen LogP contribution is -2.15. The molecule has 2 aromatic rings. The first-order chi connectivity index (χ1) is 10.6. The Hall–Kier alpha value is -2.61. The number of aromatic amines is 1. The van der Waals surface area contributed by atoms with Crippen LogP contribution in [0.25, 0.3) is 5.69 Å². The molecule has 0 saturated carbocycles. The standard InChI is InChI=1S/C15H17N3O4S/c1-9(2)14(19)16-13-10(3)15(20)18(17-13)11-5-7-12(8-6-11)23(4,21)22/h5-8,17H,1H2,2-4H3,(H,16,19). The fourth-order valence-corrected chi connectivity index (χ4v) is 2.52. The number of H-pyrrole nitrogens is 1.